The molecule has 9 nitrogen and oxygen atoms in total. The standard InChI is InChI=1S/C27H36N6O3/c1-20(2)19-23(25(34)36-27(3,4)5)30-26(35)33(18-12-17-29-32-28)31-24(21-13-8-6-9-14-21)22-15-10-7-11-16-22/h6-11,13-16,20,23H,12,17-19H2,1-5H3,(H,30,35)/t23-/m0/s1. The molecule has 1 atom stereocenters. The number of azide groups is 1. The van der Waals surface area contributed by atoms with Gasteiger partial charge in [0, 0.05) is 29.1 Å². The van der Waals surface area contributed by atoms with E-state index in [1.807, 2.05) is 74.5 Å². The smallest absolute Gasteiger partial charge is 0.338 e. The molecule has 2 rings (SSSR count). The quantitative estimate of drug-likeness (QED) is 0.0798. The van der Waals surface area contributed by atoms with E-state index in [9.17, 15) is 9.59 Å². The van der Waals surface area contributed by atoms with Crippen molar-refractivity contribution in [3.63, 3.8) is 0 Å². The summed E-state index contributed by atoms with van der Waals surface area (Å²) in [5.74, 6) is -0.345. The molecule has 0 aliphatic rings. The van der Waals surface area contributed by atoms with Crippen molar-refractivity contribution in [3.05, 3.63) is 82.2 Å². The van der Waals surface area contributed by atoms with Crippen molar-refractivity contribution in [3.8, 4) is 0 Å². The third-order valence-corrected chi connectivity index (χ3v) is 4.94. The fourth-order valence-electron chi connectivity index (χ4n) is 3.41. The Labute approximate surface area is 213 Å². The zero-order chi connectivity index (χ0) is 26.6. The number of urea groups is 1. The molecule has 0 radical (unpaired) electrons. The van der Waals surface area contributed by atoms with Crippen molar-refractivity contribution >= 4 is 17.7 Å². The van der Waals surface area contributed by atoms with Gasteiger partial charge >= 0.3 is 12.0 Å². The van der Waals surface area contributed by atoms with Crippen molar-refractivity contribution in [2.75, 3.05) is 13.1 Å². The molecule has 0 aliphatic carbocycles. The number of esters is 1. The number of hydrogen-bond acceptors (Lipinski definition) is 5. The Bertz CT molecular complexity index is 1020. The van der Waals surface area contributed by atoms with Crippen LogP contribution in [0, 0.1) is 5.92 Å². The molecular weight excluding hydrogens is 456 g/mol. The van der Waals surface area contributed by atoms with E-state index in [0.717, 1.165) is 11.1 Å². The van der Waals surface area contributed by atoms with Crippen LogP contribution in [-0.4, -0.2) is 47.5 Å². The number of carbonyl (C=O) groups excluding carboxylic acids is 2. The molecule has 0 aromatic heterocycles. The largest absolute Gasteiger partial charge is 0.458 e. The van der Waals surface area contributed by atoms with E-state index < -0.39 is 23.6 Å². The molecule has 0 bridgehead atoms. The summed E-state index contributed by atoms with van der Waals surface area (Å²) in [6.07, 6.45) is 0.820. The van der Waals surface area contributed by atoms with Crippen LogP contribution in [0.25, 0.3) is 10.4 Å². The SMILES string of the molecule is CC(C)C[C@H](NC(=O)N(CCCN=[N+]=[N-])N=C(c1ccccc1)c1ccccc1)C(=O)OC(C)(C)C. The fourth-order valence-corrected chi connectivity index (χ4v) is 3.41. The lowest BCUT2D eigenvalue weighted by Gasteiger charge is -2.27. The third-order valence-electron chi connectivity index (χ3n) is 4.94. The molecule has 192 valence electrons. The number of hydrogen-bond donors (Lipinski definition) is 1. The second kappa shape index (κ2) is 13.9. The lowest BCUT2D eigenvalue weighted by Crippen LogP contribution is -2.49. The van der Waals surface area contributed by atoms with E-state index in [1.165, 1.54) is 5.01 Å². The highest BCUT2D eigenvalue weighted by molar-refractivity contribution is 6.13. The normalized spacial score (nSPS) is 11.7. The van der Waals surface area contributed by atoms with Crippen LogP contribution in [0.1, 0.15) is 58.6 Å². The van der Waals surface area contributed by atoms with Crippen molar-refractivity contribution < 1.29 is 14.3 Å². The highest BCUT2D eigenvalue weighted by Gasteiger charge is 2.29. The maximum absolute atomic E-state index is 13.5. The van der Waals surface area contributed by atoms with E-state index in [2.05, 4.69) is 15.3 Å². The first-order valence-corrected chi connectivity index (χ1v) is 12.1. The third kappa shape index (κ3) is 9.80. The minimum atomic E-state index is -0.830. The summed E-state index contributed by atoms with van der Waals surface area (Å²) >= 11 is 0. The Morgan fingerprint density at radius 1 is 1.03 bits per heavy atom. The number of amides is 2. The van der Waals surface area contributed by atoms with Gasteiger partial charge in [0.05, 0.1) is 5.71 Å². The first kappa shape index (κ1) is 28.4. The molecule has 2 aromatic carbocycles. The van der Waals surface area contributed by atoms with E-state index >= 15 is 0 Å². The van der Waals surface area contributed by atoms with Crippen molar-refractivity contribution in [2.24, 2.45) is 16.1 Å². The molecule has 1 N–H and O–H groups in total. The molecule has 2 amide bonds. The molecule has 2 aromatic rings. The number of hydrazone groups is 1. The van der Waals surface area contributed by atoms with Crippen LogP contribution in [0.15, 0.2) is 70.9 Å². The molecule has 0 saturated heterocycles. The zero-order valence-electron chi connectivity index (χ0n) is 21.7. The monoisotopic (exact) mass is 492 g/mol. The molecule has 0 fully saturated rings. The summed E-state index contributed by atoms with van der Waals surface area (Å²) in [6.45, 7) is 9.72. The minimum Gasteiger partial charge on any atom is -0.458 e. The molecule has 0 aliphatic heterocycles. The molecule has 0 unspecified atom stereocenters. The first-order valence-electron chi connectivity index (χ1n) is 12.1. The lowest BCUT2D eigenvalue weighted by atomic mass is 10.0. The molecule has 0 spiro atoms. The predicted molar refractivity (Wildman–Crippen MR) is 141 cm³/mol. The van der Waals surface area contributed by atoms with Crippen LogP contribution >= 0.6 is 0 Å². The number of nitrogens with zero attached hydrogens (tertiary/aromatic N) is 5. The van der Waals surface area contributed by atoms with E-state index in [-0.39, 0.29) is 19.0 Å². The van der Waals surface area contributed by atoms with Crippen molar-refractivity contribution in [2.45, 2.75) is 59.1 Å². The molecule has 0 heterocycles. The Balaban J connectivity index is 2.43. The predicted octanol–water partition coefficient (Wildman–Crippen LogP) is 5.91. The molecule has 36 heavy (non-hydrogen) atoms. The average molecular weight is 493 g/mol. The van der Waals surface area contributed by atoms with Gasteiger partial charge in [-0.1, -0.05) is 79.6 Å². The Hall–Kier alpha value is -3.84. The summed E-state index contributed by atoms with van der Waals surface area (Å²) in [7, 11) is 0. The number of benzene rings is 2. The highest BCUT2D eigenvalue weighted by atomic mass is 16.6. The van der Waals surface area contributed by atoms with Crippen LogP contribution in [0.4, 0.5) is 4.79 Å². The van der Waals surface area contributed by atoms with Crippen LogP contribution < -0.4 is 5.32 Å². The number of nitrogens with one attached hydrogen (secondary N) is 1. The van der Waals surface area contributed by atoms with Gasteiger partial charge in [-0.2, -0.15) is 5.10 Å². The summed E-state index contributed by atoms with van der Waals surface area (Å²) in [5, 5.41) is 12.4. The highest BCUT2D eigenvalue weighted by Crippen LogP contribution is 2.15. The van der Waals surface area contributed by atoms with Gasteiger partial charge in [0.2, 0.25) is 0 Å². The minimum absolute atomic E-state index is 0.147. The summed E-state index contributed by atoms with van der Waals surface area (Å²) < 4.78 is 5.55. The van der Waals surface area contributed by atoms with Gasteiger partial charge in [-0.3, -0.25) is 0 Å². The lowest BCUT2D eigenvalue weighted by molar-refractivity contribution is -0.157. The maximum Gasteiger partial charge on any atom is 0.338 e. The van der Waals surface area contributed by atoms with Gasteiger partial charge in [-0.05, 0) is 45.1 Å². The van der Waals surface area contributed by atoms with Crippen molar-refractivity contribution in [1.82, 2.24) is 10.3 Å². The van der Waals surface area contributed by atoms with Gasteiger partial charge < -0.3 is 10.1 Å². The Morgan fingerprint density at radius 2 is 1.58 bits per heavy atom. The van der Waals surface area contributed by atoms with E-state index in [4.69, 9.17) is 15.4 Å². The summed E-state index contributed by atoms with van der Waals surface area (Å²) in [4.78, 5) is 29.1. The average Bonchev–Trinajstić information content (AvgIpc) is 2.83. The van der Waals surface area contributed by atoms with Crippen LogP contribution in [0.3, 0.4) is 0 Å². The van der Waals surface area contributed by atoms with E-state index in [0.29, 0.717) is 18.6 Å². The summed E-state index contributed by atoms with van der Waals surface area (Å²) in [6, 6.07) is 17.8. The van der Waals surface area contributed by atoms with Crippen molar-refractivity contribution in [1.29, 1.82) is 0 Å². The molecule has 0 saturated carbocycles. The number of carbonyl (C=O) groups is 2. The first-order chi connectivity index (χ1) is 17.1. The van der Waals surface area contributed by atoms with Gasteiger partial charge in [-0.25, -0.2) is 14.6 Å². The van der Waals surface area contributed by atoms with Crippen LogP contribution in [0.5, 0.6) is 0 Å². The fraction of sp³-hybridized carbons (Fsp3) is 0.444. The van der Waals surface area contributed by atoms with Gasteiger partial charge in [0.25, 0.3) is 0 Å². The number of ether oxygens (including phenoxy) is 1. The van der Waals surface area contributed by atoms with Gasteiger partial charge in [0.15, 0.2) is 0 Å². The number of rotatable bonds is 11. The Morgan fingerprint density at radius 3 is 2.06 bits per heavy atom. The Kier molecular flexibility index (Phi) is 11.0. The van der Waals surface area contributed by atoms with Gasteiger partial charge in [-0.15, -0.1) is 0 Å². The van der Waals surface area contributed by atoms with Crippen LogP contribution in [-0.2, 0) is 9.53 Å². The maximum atomic E-state index is 13.5. The molecule has 9 heteroatoms. The van der Waals surface area contributed by atoms with E-state index in [1.54, 1.807) is 20.8 Å². The zero-order valence-corrected chi connectivity index (χ0v) is 21.7. The molecular formula is C27H36N6O3. The van der Waals surface area contributed by atoms with Gasteiger partial charge in [0.1, 0.15) is 11.6 Å². The second-order valence-corrected chi connectivity index (χ2v) is 9.78. The second-order valence-electron chi connectivity index (χ2n) is 9.78. The summed E-state index contributed by atoms with van der Waals surface area (Å²) in [5.41, 5.74) is 10.2. The van der Waals surface area contributed by atoms with Crippen LogP contribution in [0.2, 0.25) is 0 Å². The topological polar surface area (TPSA) is 120 Å².